The SMILES string of the molecule is CCc1nn(C)c(Cn2cc(C(N)CC)nn2)c1Br. The highest BCUT2D eigenvalue weighted by Crippen LogP contribution is 2.22. The van der Waals surface area contributed by atoms with Gasteiger partial charge < -0.3 is 5.73 Å². The molecule has 0 spiro atoms. The highest BCUT2D eigenvalue weighted by molar-refractivity contribution is 9.10. The monoisotopic (exact) mass is 326 g/mol. The number of rotatable bonds is 5. The van der Waals surface area contributed by atoms with Gasteiger partial charge in [0, 0.05) is 7.05 Å². The number of hydrogen-bond donors (Lipinski definition) is 1. The van der Waals surface area contributed by atoms with E-state index in [1.165, 1.54) is 0 Å². The number of nitrogens with zero attached hydrogens (tertiary/aromatic N) is 5. The molecule has 0 aromatic carbocycles. The Labute approximate surface area is 121 Å². The lowest BCUT2D eigenvalue weighted by Gasteiger charge is -2.03. The average molecular weight is 327 g/mol. The molecule has 2 heterocycles. The third-order valence-corrected chi connectivity index (χ3v) is 4.11. The third-order valence-electron chi connectivity index (χ3n) is 3.19. The van der Waals surface area contributed by atoms with Crippen LogP contribution in [0.15, 0.2) is 10.7 Å². The Kier molecular flexibility index (Phi) is 4.36. The molecule has 2 rings (SSSR count). The molecule has 2 aromatic heterocycles. The summed E-state index contributed by atoms with van der Waals surface area (Å²) in [4.78, 5) is 0. The first-order valence-electron chi connectivity index (χ1n) is 6.42. The van der Waals surface area contributed by atoms with E-state index in [1.54, 1.807) is 4.68 Å². The van der Waals surface area contributed by atoms with Crippen molar-refractivity contribution in [1.29, 1.82) is 0 Å². The van der Waals surface area contributed by atoms with Gasteiger partial charge in [0.1, 0.15) is 0 Å². The van der Waals surface area contributed by atoms with Crippen LogP contribution in [0.4, 0.5) is 0 Å². The van der Waals surface area contributed by atoms with Crippen molar-refractivity contribution in [3.8, 4) is 0 Å². The lowest BCUT2D eigenvalue weighted by molar-refractivity contribution is 0.597. The minimum Gasteiger partial charge on any atom is -0.323 e. The molecule has 1 atom stereocenters. The Hall–Kier alpha value is -1.21. The van der Waals surface area contributed by atoms with Crippen LogP contribution in [0.1, 0.15) is 43.4 Å². The smallest absolute Gasteiger partial charge is 0.0994 e. The maximum Gasteiger partial charge on any atom is 0.0994 e. The van der Waals surface area contributed by atoms with Crippen molar-refractivity contribution in [1.82, 2.24) is 24.8 Å². The number of aryl methyl sites for hydroxylation is 2. The van der Waals surface area contributed by atoms with Crippen molar-refractivity contribution in [3.05, 3.63) is 27.8 Å². The van der Waals surface area contributed by atoms with E-state index in [2.05, 4.69) is 38.3 Å². The van der Waals surface area contributed by atoms with E-state index < -0.39 is 0 Å². The zero-order valence-corrected chi connectivity index (χ0v) is 13.1. The minimum atomic E-state index is -0.0464. The van der Waals surface area contributed by atoms with E-state index in [4.69, 9.17) is 5.73 Å². The molecule has 0 fully saturated rings. The molecular weight excluding hydrogens is 308 g/mol. The van der Waals surface area contributed by atoms with Crippen molar-refractivity contribution >= 4 is 15.9 Å². The van der Waals surface area contributed by atoms with Gasteiger partial charge in [-0.15, -0.1) is 5.10 Å². The van der Waals surface area contributed by atoms with Gasteiger partial charge in [-0.1, -0.05) is 19.1 Å². The molecule has 2 N–H and O–H groups in total. The second-order valence-corrected chi connectivity index (χ2v) is 5.33. The van der Waals surface area contributed by atoms with E-state index in [0.29, 0.717) is 6.54 Å². The molecule has 0 bridgehead atoms. The number of nitrogens with two attached hydrogens (primary N) is 1. The van der Waals surface area contributed by atoms with Crippen LogP contribution in [-0.2, 0) is 20.0 Å². The van der Waals surface area contributed by atoms with Crippen molar-refractivity contribution in [2.45, 2.75) is 39.3 Å². The fourth-order valence-corrected chi connectivity index (χ4v) is 2.66. The second-order valence-electron chi connectivity index (χ2n) is 4.54. The molecule has 0 amide bonds. The van der Waals surface area contributed by atoms with Gasteiger partial charge in [0.25, 0.3) is 0 Å². The van der Waals surface area contributed by atoms with Gasteiger partial charge in [0.2, 0.25) is 0 Å². The fraction of sp³-hybridized carbons (Fsp3) is 0.583. The van der Waals surface area contributed by atoms with Crippen LogP contribution in [-0.4, -0.2) is 24.8 Å². The summed E-state index contributed by atoms with van der Waals surface area (Å²) in [5.41, 5.74) is 8.91. The maximum absolute atomic E-state index is 5.94. The molecule has 0 saturated heterocycles. The van der Waals surface area contributed by atoms with Gasteiger partial charge in [0.15, 0.2) is 0 Å². The highest BCUT2D eigenvalue weighted by Gasteiger charge is 2.14. The predicted molar refractivity (Wildman–Crippen MR) is 76.6 cm³/mol. The lowest BCUT2D eigenvalue weighted by atomic mass is 10.2. The van der Waals surface area contributed by atoms with E-state index in [-0.39, 0.29) is 6.04 Å². The summed E-state index contributed by atoms with van der Waals surface area (Å²) in [5.74, 6) is 0. The Morgan fingerprint density at radius 2 is 2.16 bits per heavy atom. The third kappa shape index (κ3) is 2.87. The van der Waals surface area contributed by atoms with Gasteiger partial charge in [-0.05, 0) is 28.8 Å². The van der Waals surface area contributed by atoms with Crippen LogP contribution in [0.5, 0.6) is 0 Å². The number of hydrogen-bond acceptors (Lipinski definition) is 4. The molecule has 104 valence electrons. The normalized spacial score (nSPS) is 12.9. The van der Waals surface area contributed by atoms with Crippen molar-refractivity contribution in [2.75, 3.05) is 0 Å². The Morgan fingerprint density at radius 3 is 2.74 bits per heavy atom. The lowest BCUT2D eigenvalue weighted by Crippen LogP contribution is -2.09. The number of aromatic nitrogens is 5. The Balaban J connectivity index is 2.22. The maximum atomic E-state index is 5.94. The standard InChI is InChI=1S/C12H19BrN6/c1-4-8(14)10-6-19(17-15-10)7-11-12(13)9(5-2)16-18(11)3/h6,8H,4-5,7,14H2,1-3H3. The highest BCUT2D eigenvalue weighted by atomic mass is 79.9. The molecule has 0 saturated carbocycles. The van der Waals surface area contributed by atoms with Crippen molar-refractivity contribution in [3.63, 3.8) is 0 Å². The van der Waals surface area contributed by atoms with Crippen LogP contribution in [0.25, 0.3) is 0 Å². The quantitative estimate of drug-likeness (QED) is 0.909. The van der Waals surface area contributed by atoms with E-state index in [1.807, 2.05) is 24.9 Å². The molecule has 1 unspecified atom stereocenters. The Bertz CT molecular complexity index is 559. The first-order valence-corrected chi connectivity index (χ1v) is 7.21. The molecule has 0 radical (unpaired) electrons. The molecule has 7 heteroatoms. The topological polar surface area (TPSA) is 74.5 Å². The summed E-state index contributed by atoms with van der Waals surface area (Å²) in [7, 11) is 1.94. The molecule has 6 nitrogen and oxygen atoms in total. The van der Waals surface area contributed by atoms with Crippen molar-refractivity contribution < 1.29 is 0 Å². The summed E-state index contributed by atoms with van der Waals surface area (Å²) in [5, 5.41) is 12.7. The number of halogens is 1. The van der Waals surface area contributed by atoms with E-state index >= 15 is 0 Å². The van der Waals surface area contributed by atoms with Gasteiger partial charge in [0.05, 0.1) is 40.3 Å². The first-order chi connectivity index (χ1) is 9.06. The zero-order chi connectivity index (χ0) is 14.0. The van der Waals surface area contributed by atoms with E-state index in [9.17, 15) is 0 Å². The first kappa shape index (κ1) is 14.2. The summed E-state index contributed by atoms with van der Waals surface area (Å²) >= 11 is 3.60. The average Bonchev–Trinajstić information content (AvgIpc) is 2.98. The summed E-state index contributed by atoms with van der Waals surface area (Å²) < 4.78 is 4.73. The molecule has 19 heavy (non-hydrogen) atoms. The zero-order valence-electron chi connectivity index (χ0n) is 11.5. The fourth-order valence-electron chi connectivity index (χ4n) is 1.91. The molecule has 2 aromatic rings. The van der Waals surface area contributed by atoms with Crippen LogP contribution < -0.4 is 5.73 Å². The minimum absolute atomic E-state index is 0.0464. The van der Waals surface area contributed by atoms with Crippen LogP contribution in [0.3, 0.4) is 0 Å². The molecule has 0 aliphatic rings. The predicted octanol–water partition coefficient (Wildman–Crippen LogP) is 1.79. The summed E-state index contributed by atoms with van der Waals surface area (Å²) in [6.45, 7) is 4.76. The van der Waals surface area contributed by atoms with Gasteiger partial charge in [-0.3, -0.25) is 4.68 Å². The van der Waals surface area contributed by atoms with E-state index in [0.717, 1.165) is 34.4 Å². The van der Waals surface area contributed by atoms with Crippen molar-refractivity contribution in [2.24, 2.45) is 12.8 Å². The molecular formula is C12H19BrN6. The largest absolute Gasteiger partial charge is 0.323 e. The summed E-state index contributed by atoms with van der Waals surface area (Å²) in [6, 6.07) is -0.0464. The Morgan fingerprint density at radius 1 is 1.42 bits per heavy atom. The van der Waals surface area contributed by atoms with Crippen LogP contribution >= 0.6 is 15.9 Å². The van der Waals surface area contributed by atoms with Crippen LogP contribution in [0, 0.1) is 0 Å². The second kappa shape index (κ2) is 5.83. The summed E-state index contributed by atoms with van der Waals surface area (Å²) in [6.07, 6.45) is 3.66. The van der Waals surface area contributed by atoms with Gasteiger partial charge in [-0.2, -0.15) is 5.10 Å². The van der Waals surface area contributed by atoms with Gasteiger partial charge >= 0.3 is 0 Å². The molecule has 0 aliphatic heterocycles. The van der Waals surface area contributed by atoms with Gasteiger partial charge in [-0.25, -0.2) is 4.68 Å². The van der Waals surface area contributed by atoms with Crippen LogP contribution in [0.2, 0.25) is 0 Å². The molecule has 0 aliphatic carbocycles.